The highest BCUT2D eigenvalue weighted by Gasteiger charge is 2.46. The number of hydrogen-bond acceptors (Lipinski definition) is 11. The first kappa shape index (κ1) is 32.4. The predicted molar refractivity (Wildman–Crippen MR) is 173 cm³/mol. The lowest BCUT2D eigenvalue weighted by Gasteiger charge is -2.37. The van der Waals surface area contributed by atoms with Gasteiger partial charge in [-0.1, -0.05) is 0 Å². The number of aliphatic hydroxyl groups excluding tert-OH is 1. The van der Waals surface area contributed by atoms with Gasteiger partial charge >= 0.3 is 5.69 Å². The Bertz CT molecular complexity index is 1910. The fourth-order valence-corrected chi connectivity index (χ4v) is 6.01. The average molecular weight is 676 g/mol. The van der Waals surface area contributed by atoms with Gasteiger partial charge in [-0.05, 0) is 55.5 Å². The van der Waals surface area contributed by atoms with Gasteiger partial charge in [-0.25, -0.2) is 37.5 Å². The molecule has 3 aromatic heterocycles. The Morgan fingerprint density at radius 3 is 2.43 bits per heavy atom. The van der Waals surface area contributed by atoms with Gasteiger partial charge < -0.3 is 29.1 Å². The number of halogens is 2. The standard InChI is InChI=1S/C33H35F2N9O5/c1-23(16-45)44-32(46)43(22-39-44)31-9-5-26(15-37-31)41-12-10-40(11-13-41)25-3-6-27(7-4-25)47-17-28-18-48-33(49-28,19-42-21-36-20-38-42)29-8-2-24(34)14-30(29)35/h2-9,14-15,20-23,28,45H,10-13,16-19H2,1H3/t23?,28-,33-/m0/s1. The van der Waals surface area contributed by atoms with E-state index in [0.29, 0.717) is 11.6 Å². The summed E-state index contributed by atoms with van der Waals surface area (Å²) in [6.45, 7) is 5.03. The molecule has 0 saturated carbocycles. The number of nitrogens with zero attached hydrogens (tertiary/aromatic N) is 9. The summed E-state index contributed by atoms with van der Waals surface area (Å²) in [6.07, 6.45) is 5.48. The minimum atomic E-state index is -1.52. The van der Waals surface area contributed by atoms with Gasteiger partial charge in [0.05, 0.1) is 31.1 Å². The normalized spacial score (nSPS) is 20.1. The number of hydrogen-bond donors (Lipinski definition) is 1. The summed E-state index contributed by atoms with van der Waals surface area (Å²) in [5.74, 6) is -1.88. The molecule has 2 aromatic carbocycles. The van der Waals surface area contributed by atoms with E-state index in [2.05, 4.69) is 30.0 Å². The number of aromatic nitrogens is 7. The molecule has 2 aliphatic heterocycles. The van der Waals surface area contributed by atoms with Crippen molar-refractivity contribution in [2.24, 2.45) is 0 Å². The topological polar surface area (TPSA) is 138 Å². The summed E-state index contributed by atoms with van der Waals surface area (Å²) in [4.78, 5) is 25.6. The van der Waals surface area contributed by atoms with Crippen molar-refractivity contribution < 1.29 is 28.1 Å². The molecular weight excluding hydrogens is 640 g/mol. The first-order valence-corrected chi connectivity index (χ1v) is 15.9. The Kier molecular flexibility index (Phi) is 9.07. The van der Waals surface area contributed by atoms with E-state index in [-0.39, 0.29) is 37.6 Å². The van der Waals surface area contributed by atoms with Crippen molar-refractivity contribution in [1.29, 1.82) is 0 Å². The first-order chi connectivity index (χ1) is 23.8. The minimum absolute atomic E-state index is 0.0230. The Morgan fingerprint density at radius 2 is 1.76 bits per heavy atom. The Labute approximate surface area is 279 Å². The van der Waals surface area contributed by atoms with E-state index in [1.165, 1.54) is 45.0 Å². The monoisotopic (exact) mass is 675 g/mol. The Morgan fingerprint density at radius 1 is 1.00 bits per heavy atom. The van der Waals surface area contributed by atoms with Gasteiger partial charge in [-0.15, -0.1) is 0 Å². The highest BCUT2D eigenvalue weighted by Crippen LogP contribution is 2.38. The molecule has 5 heterocycles. The van der Waals surface area contributed by atoms with Crippen LogP contribution < -0.4 is 20.2 Å². The van der Waals surface area contributed by atoms with E-state index in [1.54, 1.807) is 19.2 Å². The molecule has 1 unspecified atom stereocenters. The SMILES string of the molecule is CC(CO)n1ncn(-c2ccc(N3CCN(c4ccc(OC[C@H]5CO[C@](Cn6cncn6)(c6ccc(F)cc6F)O5)cc4)CC3)cn2)c1=O. The van der Waals surface area contributed by atoms with Crippen LogP contribution in [-0.4, -0.2) is 91.3 Å². The van der Waals surface area contributed by atoms with Gasteiger partial charge in [0.15, 0.2) is 0 Å². The molecule has 2 aliphatic rings. The lowest BCUT2D eigenvalue weighted by atomic mass is 10.0. The van der Waals surface area contributed by atoms with Crippen LogP contribution >= 0.6 is 0 Å². The van der Waals surface area contributed by atoms with Crippen LogP contribution in [-0.2, 0) is 21.8 Å². The van der Waals surface area contributed by atoms with E-state index < -0.39 is 29.6 Å². The molecule has 2 fully saturated rings. The van der Waals surface area contributed by atoms with Gasteiger partial charge in [0.2, 0.25) is 5.79 Å². The molecule has 0 spiro atoms. The summed E-state index contributed by atoms with van der Waals surface area (Å²) in [5, 5.41) is 17.5. The lowest BCUT2D eigenvalue weighted by molar-refractivity contribution is -0.192. The average Bonchev–Trinajstić information content (AvgIpc) is 3.88. The molecule has 5 aromatic rings. The number of pyridine rings is 1. The molecule has 49 heavy (non-hydrogen) atoms. The van der Waals surface area contributed by atoms with E-state index in [0.717, 1.165) is 43.6 Å². The summed E-state index contributed by atoms with van der Waals surface area (Å²) < 4.78 is 50.9. The molecule has 3 atom stereocenters. The van der Waals surface area contributed by atoms with Crippen molar-refractivity contribution >= 4 is 11.4 Å². The number of rotatable bonds is 11. The summed E-state index contributed by atoms with van der Waals surface area (Å²) >= 11 is 0. The second-order valence-electron chi connectivity index (χ2n) is 11.9. The third-order valence-corrected chi connectivity index (χ3v) is 8.67. The highest BCUT2D eigenvalue weighted by molar-refractivity contribution is 5.53. The van der Waals surface area contributed by atoms with Crippen molar-refractivity contribution in [2.75, 3.05) is 55.8 Å². The summed E-state index contributed by atoms with van der Waals surface area (Å²) in [5.41, 5.74) is 1.74. The number of ether oxygens (including phenoxy) is 3. The van der Waals surface area contributed by atoms with Crippen LogP contribution in [0.5, 0.6) is 5.75 Å². The second-order valence-corrected chi connectivity index (χ2v) is 11.9. The maximum absolute atomic E-state index is 14.9. The molecule has 0 radical (unpaired) electrons. The van der Waals surface area contributed by atoms with Crippen LogP contribution in [0.1, 0.15) is 18.5 Å². The van der Waals surface area contributed by atoms with E-state index in [1.807, 2.05) is 30.3 Å². The van der Waals surface area contributed by atoms with Crippen LogP contribution in [0.15, 0.2) is 84.6 Å². The molecule has 1 N–H and O–H groups in total. The van der Waals surface area contributed by atoms with Crippen LogP contribution in [0.25, 0.3) is 5.82 Å². The fourth-order valence-electron chi connectivity index (χ4n) is 6.01. The molecule has 14 nitrogen and oxygen atoms in total. The van der Waals surface area contributed by atoms with Crippen molar-refractivity contribution in [1.82, 2.24) is 34.1 Å². The van der Waals surface area contributed by atoms with Gasteiger partial charge in [-0.3, -0.25) is 0 Å². The third-order valence-electron chi connectivity index (χ3n) is 8.67. The van der Waals surface area contributed by atoms with E-state index >= 15 is 0 Å². The molecule has 0 amide bonds. The number of anilines is 2. The Balaban J connectivity index is 0.925. The number of piperazine rings is 1. The largest absolute Gasteiger partial charge is 0.491 e. The lowest BCUT2D eigenvalue weighted by Crippen LogP contribution is -2.46. The third kappa shape index (κ3) is 6.75. The van der Waals surface area contributed by atoms with Crippen molar-refractivity contribution in [3.8, 4) is 11.6 Å². The van der Waals surface area contributed by atoms with Gasteiger partial charge in [0.25, 0.3) is 0 Å². The maximum atomic E-state index is 14.9. The fraction of sp³-hybridized carbons (Fsp3) is 0.364. The highest BCUT2D eigenvalue weighted by atomic mass is 19.1. The molecule has 0 bridgehead atoms. The van der Waals surface area contributed by atoms with Crippen molar-refractivity contribution in [3.05, 3.63) is 107 Å². The number of benzene rings is 2. The smallest absolute Gasteiger partial charge is 0.351 e. The maximum Gasteiger partial charge on any atom is 0.351 e. The molecular formula is C33H35F2N9O5. The van der Waals surface area contributed by atoms with Crippen molar-refractivity contribution in [2.45, 2.75) is 31.4 Å². The van der Waals surface area contributed by atoms with Crippen LogP contribution in [0.4, 0.5) is 20.2 Å². The quantitative estimate of drug-likeness (QED) is 0.221. The zero-order chi connectivity index (χ0) is 34.0. The second kappa shape index (κ2) is 13.7. The Hall–Kier alpha value is -5.19. The van der Waals surface area contributed by atoms with Crippen LogP contribution in [0.3, 0.4) is 0 Å². The van der Waals surface area contributed by atoms with Crippen LogP contribution in [0, 0.1) is 11.6 Å². The zero-order valence-electron chi connectivity index (χ0n) is 26.7. The van der Waals surface area contributed by atoms with Gasteiger partial charge in [0.1, 0.15) is 61.4 Å². The van der Waals surface area contributed by atoms with E-state index in [9.17, 15) is 18.7 Å². The molecule has 256 valence electrons. The molecule has 16 heteroatoms. The first-order valence-electron chi connectivity index (χ1n) is 15.9. The van der Waals surface area contributed by atoms with Gasteiger partial charge in [-0.2, -0.15) is 10.2 Å². The summed E-state index contributed by atoms with van der Waals surface area (Å²) in [6, 6.07) is 14.4. The molecule has 2 saturated heterocycles. The molecule has 0 aliphatic carbocycles. The van der Waals surface area contributed by atoms with Crippen molar-refractivity contribution in [3.63, 3.8) is 0 Å². The summed E-state index contributed by atoms with van der Waals surface area (Å²) in [7, 11) is 0. The van der Waals surface area contributed by atoms with Crippen LogP contribution in [0.2, 0.25) is 0 Å². The predicted octanol–water partition coefficient (Wildman–Crippen LogP) is 2.53. The minimum Gasteiger partial charge on any atom is -0.491 e. The zero-order valence-corrected chi connectivity index (χ0v) is 26.7. The van der Waals surface area contributed by atoms with E-state index in [4.69, 9.17) is 14.2 Å². The van der Waals surface area contributed by atoms with Gasteiger partial charge in [0, 0.05) is 43.5 Å². The molecule has 7 rings (SSSR count). The number of aliphatic hydroxyl groups is 1.